The SMILES string of the molecule is NC1=NC(N)(C[C@H]2CCN2)C2=C(N1)c1ccccc1CCC2. The Balaban J connectivity index is 1.79. The molecule has 1 aromatic carbocycles. The van der Waals surface area contributed by atoms with Crippen LogP contribution in [0.5, 0.6) is 0 Å². The summed E-state index contributed by atoms with van der Waals surface area (Å²) < 4.78 is 0. The molecule has 5 heteroatoms. The largest absolute Gasteiger partial charge is 0.370 e. The third-order valence-corrected chi connectivity index (χ3v) is 5.04. The third-order valence-electron chi connectivity index (χ3n) is 5.04. The number of hydrogen-bond acceptors (Lipinski definition) is 5. The molecule has 2 aliphatic heterocycles. The zero-order valence-electron chi connectivity index (χ0n) is 12.7. The van der Waals surface area contributed by atoms with Gasteiger partial charge in [0, 0.05) is 18.0 Å². The van der Waals surface area contributed by atoms with Crippen molar-refractivity contribution >= 4 is 11.7 Å². The molecule has 2 heterocycles. The molecule has 1 unspecified atom stereocenters. The fraction of sp³-hybridized carbons (Fsp3) is 0.471. The summed E-state index contributed by atoms with van der Waals surface area (Å²) in [7, 11) is 0. The summed E-state index contributed by atoms with van der Waals surface area (Å²) in [4.78, 5) is 4.60. The molecule has 22 heavy (non-hydrogen) atoms. The van der Waals surface area contributed by atoms with Gasteiger partial charge in [-0.25, -0.2) is 4.99 Å². The standard InChI is InChI=1S/C17H23N5/c18-16-21-15-13-6-2-1-4-11(13)5-3-7-14(15)17(19,22-16)10-12-8-9-20-12/h1-2,4,6,12,20H,3,5,7-10,19H2,(H3,18,21,22)/t12-,17?/m1/s1. The van der Waals surface area contributed by atoms with Crippen LogP contribution in [0.25, 0.3) is 5.70 Å². The predicted octanol–water partition coefficient (Wildman–Crippen LogP) is 1.06. The maximum atomic E-state index is 6.74. The number of nitrogens with one attached hydrogen (secondary N) is 2. The summed E-state index contributed by atoms with van der Waals surface area (Å²) in [5.74, 6) is 0.428. The van der Waals surface area contributed by atoms with Gasteiger partial charge in [-0.1, -0.05) is 24.3 Å². The zero-order valence-corrected chi connectivity index (χ0v) is 12.7. The highest BCUT2D eigenvalue weighted by Gasteiger charge is 2.39. The van der Waals surface area contributed by atoms with Crippen LogP contribution in [-0.2, 0) is 6.42 Å². The van der Waals surface area contributed by atoms with Crippen molar-refractivity contribution in [3.05, 3.63) is 41.0 Å². The molecule has 6 N–H and O–H groups in total. The number of aliphatic imine (C=N–C) groups is 1. The highest BCUT2D eigenvalue weighted by Crippen LogP contribution is 2.38. The molecule has 4 rings (SSSR count). The van der Waals surface area contributed by atoms with E-state index in [2.05, 4.69) is 39.9 Å². The van der Waals surface area contributed by atoms with Gasteiger partial charge in [0.1, 0.15) is 5.66 Å². The number of fused-ring (bicyclic) bond motifs is 2. The van der Waals surface area contributed by atoms with Gasteiger partial charge in [-0.2, -0.15) is 0 Å². The minimum atomic E-state index is -0.680. The first-order chi connectivity index (χ1) is 10.7. The molecule has 0 amide bonds. The monoisotopic (exact) mass is 297 g/mol. The normalized spacial score (nSPS) is 30.4. The molecule has 1 aliphatic carbocycles. The van der Waals surface area contributed by atoms with E-state index in [0.717, 1.165) is 37.9 Å². The van der Waals surface area contributed by atoms with Gasteiger partial charge in [-0.3, -0.25) is 0 Å². The Kier molecular flexibility index (Phi) is 3.20. The fourth-order valence-electron chi connectivity index (χ4n) is 3.81. The van der Waals surface area contributed by atoms with Crippen molar-refractivity contribution in [3.63, 3.8) is 0 Å². The highest BCUT2D eigenvalue weighted by molar-refractivity contribution is 5.92. The van der Waals surface area contributed by atoms with Gasteiger partial charge in [0.2, 0.25) is 0 Å². The Morgan fingerprint density at radius 3 is 2.86 bits per heavy atom. The van der Waals surface area contributed by atoms with Gasteiger partial charge in [-0.05, 0) is 43.4 Å². The van der Waals surface area contributed by atoms with E-state index in [1.807, 2.05) is 0 Å². The second-order valence-corrected chi connectivity index (χ2v) is 6.55. The van der Waals surface area contributed by atoms with Crippen molar-refractivity contribution in [2.24, 2.45) is 16.5 Å². The maximum absolute atomic E-state index is 6.74. The third kappa shape index (κ3) is 2.21. The van der Waals surface area contributed by atoms with Crippen LogP contribution in [0.15, 0.2) is 34.8 Å². The van der Waals surface area contributed by atoms with Crippen LogP contribution in [-0.4, -0.2) is 24.2 Å². The van der Waals surface area contributed by atoms with Crippen molar-refractivity contribution in [1.29, 1.82) is 0 Å². The van der Waals surface area contributed by atoms with E-state index in [0.29, 0.717) is 12.0 Å². The van der Waals surface area contributed by atoms with Crippen molar-refractivity contribution in [1.82, 2.24) is 10.6 Å². The maximum Gasteiger partial charge on any atom is 0.195 e. The van der Waals surface area contributed by atoms with E-state index in [4.69, 9.17) is 11.5 Å². The molecule has 0 bridgehead atoms. The fourth-order valence-corrected chi connectivity index (χ4v) is 3.81. The lowest BCUT2D eigenvalue weighted by atomic mass is 9.84. The molecule has 116 valence electrons. The number of nitrogens with zero attached hydrogens (tertiary/aromatic N) is 1. The highest BCUT2D eigenvalue weighted by atomic mass is 15.2. The van der Waals surface area contributed by atoms with E-state index < -0.39 is 5.66 Å². The Morgan fingerprint density at radius 1 is 1.27 bits per heavy atom. The second-order valence-electron chi connectivity index (χ2n) is 6.55. The van der Waals surface area contributed by atoms with Crippen LogP contribution in [0.4, 0.5) is 0 Å². The minimum Gasteiger partial charge on any atom is -0.370 e. The average Bonchev–Trinajstić information content (AvgIpc) is 2.64. The number of guanidine groups is 1. The van der Waals surface area contributed by atoms with Crippen LogP contribution in [0, 0.1) is 0 Å². The van der Waals surface area contributed by atoms with Crippen molar-refractivity contribution in [3.8, 4) is 0 Å². The lowest BCUT2D eigenvalue weighted by Crippen LogP contribution is -2.55. The first kappa shape index (κ1) is 13.8. The van der Waals surface area contributed by atoms with Crippen LogP contribution in [0.2, 0.25) is 0 Å². The molecular weight excluding hydrogens is 274 g/mol. The zero-order chi connectivity index (χ0) is 15.2. The van der Waals surface area contributed by atoms with Gasteiger partial charge in [0.05, 0.1) is 5.70 Å². The lowest BCUT2D eigenvalue weighted by molar-refractivity contribution is 0.290. The predicted molar refractivity (Wildman–Crippen MR) is 89.0 cm³/mol. The van der Waals surface area contributed by atoms with E-state index in [9.17, 15) is 0 Å². The summed E-state index contributed by atoms with van der Waals surface area (Å²) >= 11 is 0. The van der Waals surface area contributed by atoms with E-state index in [1.54, 1.807) is 0 Å². The van der Waals surface area contributed by atoms with Gasteiger partial charge in [0.15, 0.2) is 5.96 Å². The van der Waals surface area contributed by atoms with Crippen molar-refractivity contribution in [2.45, 2.75) is 43.8 Å². The average molecular weight is 297 g/mol. The molecule has 1 aromatic rings. The summed E-state index contributed by atoms with van der Waals surface area (Å²) in [5.41, 5.74) is 17.0. The first-order valence-corrected chi connectivity index (χ1v) is 8.12. The van der Waals surface area contributed by atoms with E-state index in [1.165, 1.54) is 23.1 Å². The van der Waals surface area contributed by atoms with Gasteiger partial charge in [-0.15, -0.1) is 0 Å². The van der Waals surface area contributed by atoms with Crippen LogP contribution in [0.3, 0.4) is 0 Å². The Bertz CT molecular complexity index is 659. The molecule has 2 atom stereocenters. The summed E-state index contributed by atoms with van der Waals surface area (Å²) in [6, 6.07) is 8.97. The van der Waals surface area contributed by atoms with Crippen LogP contribution >= 0.6 is 0 Å². The quantitative estimate of drug-likeness (QED) is 0.657. The second kappa shape index (κ2) is 5.11. The number of nitrogens with two attached hydrogens (primary N) is 2. The van der Waals surface area contributed by atoms with Crippen LogP contribution in [0.1, 0.15) is 36.8 Å². The number of rotatable bonds is 2. The summed E-state index contributed by atoms with van der Waals surface area (Å²) in [5, 5.41) is 6.72. The van der Waals surface area contributed by atoms with Gasteiger partial charge >= 0.3 is 0 Å². The van der Waals surface area contributed by atoms with Crippen LogP contribution < -0.4 is 22.1 Å². The Hall–Kier alpha value is -1.85. The van der Waals surface area contributed by atoms with Gasteiger partial charge < -0.3 is 22.1 Å². The summed E-state index contributed by atoms with van der Waals surface area (Å²) in [6.07, 6.45) is 5.13. The van der Waals surface area contributed by atoms with Crippen molar-refractivity contribution < 1.29 is 0 Å². The Morgan fingerprint density at radius 2 is 2.09 bits per heavy atom. The molecular formula is C17H23N5. The molecule has 0 aromatic heterocycles. The lowest BCUT2D eigenvalue weighted by Gasteiger charge is -2.40. The minimum absolute atomic E-state index is 0.428. The number of benzene rings is 1. The number of hydrogen-bond donors (Lipinski definition) is 4. The van der Waals surface area contributed by atoms with E-state index >= 15 is 0 Å². The van der Waals surface area contributed by atoms with Gasteiger partial charge in [0.25, 0.3) is 0 Å². The topological polar surface area (TPSA) is 88.5 Å². The molecule has 0 radical (unpaired) electrons. The molecule has 1 saturated heterocycles. The smallest absolute Gasteiger partial charge is 0.195 e. The molecule has 1 fully saturated rings. The number of aryl methyl sites for hydroxylation is 1. The van der Waals surface area contributed by atoms with Crippen molar-refractivity contribution in [2.75, 3.05) is 6.54 Å². The first-order valence-electron chi connectivity index (χ1n) is 8.12. The summed E-state index contributed by atoms with van der Waals surface area (Å²) in [6.45, 7) is 1.08. The van der Waals surface area contributed by atoms with E-state index in [-0.39, 0.29) is 0 Å². The molecule has 5 nitrogen and oxygen atoms in total. The molecule has 0 spiro atoms. The molecule has 3 aliphatic rings. The molecule has 0 saturated carbocycles. The Labute approximate surface area is 130 Å².